The number of ether oxygens (including phenoxy) is 1. The minimum absolute atomic E-state index is 0.0638. The molecule has 6 heteroatoms. The molecule has 0 radical (unpaired) electrons. The van der Waals surface area contributed by atoms with Crippen LogP contribution >= 0.6 is 11.6 Å². The predicted molar refractivity (Wildman–Crippen MR) is 104 cm³/mol. The standard InChI is InChI=1S/C20H18ClN3O2/c1-14-17(21)8-5-9-18(14)24-19-11-10-15(12-22-19)23-20(25)13-26-16-6-3-2-4-7-16/h2-12H,13H2,1H3,(H,22,24)(H,23,25). The molecular weight excluding hydrogens is 350 g/mol. The van der Waals surface area contributed by atoms with Gasteiger partial charge < -0.3 is 15.4 Å². The maximum Gasteiger partial charge on any atom is 0.262 e. The van der Waals surface area contributed by atoms with Crippen molar-refractivity contribution in [3.63, 3.8) is 0 Å². The third kappa shape index (κ3) is 4.74. The molecule has 0 saturated heterocycles. The number of pyridine rings is 1. The van der Waals surface area contributed by atoms with Crippen molar-refractivity contribution < 1.29 is 9.53 Å². The van der Waals surface area contributed by atoms with Crippen LogP contribution in [0.5, 0.6) is 5.75 Å². The number of carbonyl (C=O) groups is 1. The van der Waals surface area contributed by atoms with Gasteiger partial charge in [0, 0.05) is 10.7 Å². The molecule has 3 rings (SSSR count). The summed E-state index contributed by atoms with van der Waals surface area (Å²) in [6, 6.07) is 18.4. The fourth-order valence-corrected chi connectivity index (χ4v) is 2.46. The molecule has 0 spiro atoms. The van der Waals surface area contributed by atoms with E-state index in [1.54, 1.807) is 30.5 Å². The molecule has 1 heterocycles. The van der Waals surface area contributed by atoms with Gasteiger partial charge in [-0.3, -0.25) is 4.79 Å². The van der Waals surface area contributed by atoms with Crippen LogP contribution in [0.4, 0.5) is 17.2 Å². The number of benzene rings is 2. The largest absolute Gasteiger partial charge is 0.484 e. The number of hydrogen-bond donors (Lipinski definition) is 2. The average Bonchev–Trinajstić information content (AvgIpc) is 2.66. The normalized spacial score (nSPS) is 10.2. The van der Waals surface area contributed by atoms with E-state index in [0.29, 0.717) is 22.3 Å². The molecule has 0 aliphatic carbocycles. The molecule has 0 saturated carbocycles. The van der Waals surface area contributed by atoms with Crippen molar-refractivity contribution in [1.82, 2.24) is 4.98 Å². The second-order valence-corrected chi connectivity index (χ2v) is 6.03. The van der Waals surface area contributed by atoms with Crippen LogP contribution in [0.2, 0.25) is 5.02 Å². The summed E-state index contributed by atoms with van der Waals surface area (Å²) >= 11 is 6.12. The Kier molecular flexibility index (Phi) is 5.71. The van der Waals surface area contributed by atoms with Gasteiger partial charge in [-0.2, -0.15) is 0 Å². The molecule has 0 aliphatic rings. The minimum atomic E-state index is -0.248. The summed E-state index contributed by atoms with van der Waals surface area (Å²) in [5, 5.41) is 6.65. The first-order valence-electron chi connectivity index (χ1n) is 8.08. The van der Waals surface area contributed by atoms with Gasteiger partial charge in [-0.15, -0.1) is 0 Å². The summed E-state index contributed by atoms with van der Waals surface area (Å²) < 4.78 is 5.41. The van der Waals surface area contributed by atoms with Gasteiger partial charge in [-0.05, 0) is 48.9 Å². The summed E-state index contributed by atoms with van der Waals surface area (Å²) in [6.07, 6.45) is 1.59. The van der Waals surface area contributed by atoms with Crippen molar-refractivity contribution in [2.75, 3.05) is 17.2 Å². The van der Waals surface area contributed by atoms with Crippen LogP contribution in [-0.4, -0.2) is 17.5 Å². The highest BCUT2D eigenvalue weighted by molar-refractivity contribution is 6.31. The summed E-state index contributed by atoms with van der Waals surface area (Å²) in [4.78, 5) is 16.3. The number of rotatable bonds is 6. The number of carbonyl (C=O) groups excluding carboxylic acids is 1. The van der Waals surface area contributed by atoms with E-state index in [9.17, 15) is 4.79 Å². The van der Waals surface area contributed by atoms with E-state index in [4.69, 9.17) is 16.3 Å². The summed E-state index contributed by atoms with van der Waals surface area (Å²) in [6.45, 7) is 1.87. The number of anilines is 3. The van der Waals surface area contributed by atoms with E-state index in [1.807, 2.05) is 43.3 Å². The summed E-state index contributed by atoms with van der Waals surface area (Å²) in [5.41, 5.74) is 2.43. The van der Waals surface area contributed by atoms with Crippen molar-refractivity contribution >= 4 is 34.7 Å². The van der Waals surface area contributed by atoms with Gasteiger partial charge >= 0.3 is 0 Å². The molecule has 2 N–H and O–H groups in total. The van der Waals surface area contributed by atoms with Crippen LogP contribution in [0.1, 0.15) is 5.56 Å². The smallest absolute Gasteiger partial charge is 0.262 e. The molecule has 0 bridgehead atoms. The first-order valence-corrected chi connectivity index (χ1v) is 8.45. The lowest BCUT2D eigenvalue weighted by Crippen LogP contribution is -2.20. The minimum Gasteiger partial charge on any atom is -0.484 e. The number of hydrogen-bond acceptors (Lipinski definition) is 4. The highest BCUT2D eigenvalue weighted by atomic mass is 35.5. The van der Waals surface area contributed by atoms with Crippen LogP contribution in [0, 0.1) is 6.92 Å². The van der Waals surface area contributed by atoms with Gasteiger partial charge in [-0.1, -0.05) is 35.9 Å². The SMILES string of the molecule is Cc1c(Cl)cccc1Nc1ccc(NC(=O)COc2ccccc2)cn1. The Labute approximate surface area is 157 Å². The van der Waals surface area contributed by atoms with Gasteiger partial charge in [0.05, 0.1) is 11.9 Å². The molecule has 3 aromatic rings. The summed E-state index contributed by atoms with van der Waals surface area (Å²) in [7, 11) is 0. The Morgan fingerprint density at radius 1 is 1.08 bits per heavy atom. The fraction of sp³-hybridized carbons (Fsp3) is 0.100. The van der Waals surface area contributed by atoms with E-state index in [0.717, 1.165) is 11.3 Å². The Morgan fingerprint density at radius 2 is 1.88 bits per heavy atom. The quantitative estimate of drug-likeness (QED) is 0.656. The molecular formula is C20H18ClN3O2. The third-order valence-electron chi connectivity index (χ3n) is 3.69. The lowest BCUT2D eigenvalue weighted by atomic mass is 10.2. The number of amides is 1. The third-order valence-corrected chi connectivity index (χ3v) is 4.10. The first-order chi connectivity index (χ1) is 12.6. The average molecular weight is 368 g/mol. The molecule has 132 valence electrons. The maximum atomic E-state index is 11.9. The lowest BCUT2D eigenvalue weighted by Gasteiger charge is -2.11. The Hall–Kier alpha value is -3.05. The Balaban J connectivity index is 1.55. The zero-order chi connectivity index (χ0) is 18.4. The van der Waals surface area contributed by atoms with Crippen molar-refractivity contribution in [2.24, 2.45) is 0 Å². The van der Waals surface area contributed by atoms with Crippen molar-refractivity contribution in [3.8, 4) is 5.75 Å². The van der Waals surface area contributed by atoms with E-state index >= 15 is 0 Å². The Bertz CT molecular complexity index is 883. The number of nitrogens with one attached hydrogen (secondary N) is 2. The number of halogens is 1. The zero-order valence-corrected chi connectivity index (χ0v) is 15.0. The van der Waals surface area contributed by atoms with Gasteiger partial charge in [0.15, 0.2) is 6.61 Å². The van der Waals surface area contributed by atoms with Gasteiger partial charge in [0.25, 0.3) is 5.91 Å². The van der Waals surface area contributed by atoms with Crippen molar-refractivity contribution in [1.29, 1.82) is 0 Å². The topological polar surface area (TPSA) is 63.2 Å². The van der Waals surface area contributed by atoms with Crippen LogP contribution in [0.25, 0.3) is 0 Å². The molecule has 0 unspecified atom stereocenters. The molecule has 2 aromatic carbocycles. The summed E-state index contributed by atoms with van der Waals surface area (Å²) in [5.74, 6) is 1.06. The predicted octanol–water partition coefficient (Wildman–Crippen LogP) is 4.80. The van der Waals surface area contributed by atoms with Gasteiger partial charge in [0.2, 0.25) is 0 Å². The second kappa shape index (κ2) is 8.36. The molecule has 0 aliphatic heterocycles. The highest BCUT2D eigenvalue weighted by Crippen LogP contribution is 2.25. The van der Waals surface area contributed by atoms with E-state index in [-0.39, 0.29) is 12.5 Å². The van der Waals surface area contributed by atoms with Gasteiger partial charge in [-0.25, -0.2) is 4.98 Å². The number of nitrogens with zero attached hydrogens (tertiary/aromatic N) is 1. The molecule has 0 atom stereocenters. The molecule has 1 aromatic heterocycles. The molecule has 0 fully saturated rings. The van der Waals surface area contributed by atoms with Gasteiger partial charge in [0.1, 0.15) is 11.6 Å². The van der Waals surface area contributed by atoms with Crippen LogP contribution in [-0.2, 0) is 4.79 Å². The number of aromatic nitrogens is 1. The van der Waals surface area contributed by atoms with E-state index in [1.165, 1.54) is 0 Å². The molecule has 5 nitrogen and oxygen atoms in total. The van der Waals surface area contributed by atoms with E-state index in [2.05, 4.69) is 15.6 Å². The van der Waals surface area contributed by atoms with Crippen LogP contribution in [0.15, 0.2) is 66.9 Å². The molecule has 26 heavy (non-hydrogen) atoms. The lowest BCUT2D eigenvalue weighted by molar-refractivity contribution is -0.118. The molecule has 1 amide bonds. The Morgan fingerprint density at radius 3 is 2.62 bits per heavy atom. The van der Waals surface area contributed by atoms with E-state index < -0.39 is 0 Å². The van der Waals surface area contributed by atoms with Crippen molar-refractivity contribution in [2.45, 2.75) is 6.92 Å². The fourth-order valence-electron chi connectivity index (χ4n) is 2.29. The monoisotopic (exact) mass is 367 g/mol. The van der Waals surface area contributed by atoms with Crippen LogP contribution in [0.3, 0.4) is 0 Å². The highest BCUT2D eigenvalue weighted by Gasteiger charge is 2.06. The second-order valence-electron chi connectivity index (χ2n) is 5.62. The van der Waals surface area contributed by atoms with Crippen molar-refractivity contribution in [3.05, 3.63) is 77.4 Å². The number of para-hydroxylation sites is 1. The first kappa shape index (κ1) is 17.8. The maximum absolute atomic E-state index is 11.9. The zero-order valence-electron chi connectivity index (χ0n) is 14.2. The van der Waals surface area contributed by atoms with Crippen LogP contribution < -0.4 is 15.4 Å².